The summed E-state index contributed by atoms with van der Waals surface area (Å²) in [6.07, 6.45) is 5.71. The van der Waals surface area contributed by atoms with Gasteiger partial charge in [-0.05, 0) is 6.92 Å². The summed E-state index contributed by atoms with van der Waals surface area (Å²) in [4.78, 5) is 4.19. The van der Waals surface area contributed by atoms with Crippen LogP contribution in [0, 0.1) is 6.92 Å². The van der Waals surface area contributed by atoms with E-state index >= 15 is 0 Å². The number of nitrogens with one attached hydrogen (secondary N) is 1. The Hall–Kier alpha value is -1.78. The first kappa shape index (κ1) is 9.76. The minimum atomic E-state index is 0.754. The summed E-state index contributed by atoms with van der Waals surface area (Å²) >= 11 is 0. The highest BCUT2D eigenvalue weighted by Crippen LogP contribution is 2.08. The van der Waals surface area contributed by atoms with Gasteiger partial charge < -0.3 is 9.88 Å². The first-order valence-electron chi connectivity index (χ1n) is 4.87. The van der Waals surface area contributed by atoms with Crippen molar-refractivity contribution in [1.29, 1.82) is 0 Å². The predicted octanol–water partition coefficient (Wildman–Crippen LogP) is 1.07. The van der Waals surface area contributed by atoms with Crippen LogP contribution in [0.5, 0.6) is 0 Å². The van der Waals surface area contributed by atoms with Crippen molar-refractivity contribution in [3.05, 3.63) is 29.8 Å². The Morgan fingerprint density at radius 3 is 2.73 bits per heavy atom. The standard InChI is InChI=1S/C10H15N5/c1-8-9(7-15(3)13-8)6-12-10-11-4-5-14(10)2/h4-5,7H,6H2,1-3H3,(H,11,12). The number of nitrogens with zero attached hydrogens (tertiary/aromatic N) is 4. The van der Waals surface area contributed by atoms with Crippen molar-refractivity contribution in [2.45, 2.75) is 13.5 Å². The van der Waals surface area contributed by atoms with Crippen LogP contribution in [0.2, 0.25) is 0 Å². The molecule has 2 heterocycles. The third kappa shape index (κ3) is 2.01. The lowest BCUT2D eigenvalue weighted by Gasteiger charge is -2.04. The summed E-state index contributed by atoms with van der Waals surface area (Å²) < 4.78 is 3.77. The second-order valence-electron chi connectivity index (χ2n) is 3.63. The second kappa shape index (κ2) is 3.76. The Morgan fingerprint density at radius 2 is 2.20 bits per heavy atom. The van der Waals surface area contributed by atoms with Crippen LogP contribution in [0.3, 0.4) is 0 Å². The Balaban J connectivity index is 2.05. The van der Waals surface area contributed by atoms with Gasteiger partial charge in [-0.25, -0.2) is 4.98 Å². The predicted molar refractivity (Wildman–Crippen MR) is 58.5 cm³/mol. The van der Waals surface area contributed by atoms with Gasteiger partial charge in [-0.1, -0.05) is 0 Å². The van der Waals surface area contributed by atoms with Gasteiger partial charge in [0.1, 0.15) is 0 Å². The minimum absolute atomic E-state index is 0.754. The Bertz CT molecular complexity index is 454. The van der Waals surface area contributed by atoms with Gasteiger partial charge in [0, 0.05) is 44.8 Å². The number of aromatic nitrogens is 4. The van der Waals surface area contributed by atoms with Crippen LogP contribution in [-0.4, -0.2) is 19.3 Å². The molecule has 0 fully saturated rings. The molecule has 0 aromatic carbocycles. The van der Waals surface area contributed by atoms with E-state index in [-0.39, 0.29) is 0 Å². The van der Waals surface area contributed by atoms with Crippen molar-refractivity contribution >= 4 is 5.95 Å². The molecular formula is C10H15N5. The molecule has 0 aliphatic rings. The lowest BCUT2D eigenvalue weighted by Crippen LogP contribution is -2.04. The van der Waals surface area contributed by atoms with Crippen LogP contribution in [-0.2, 0) is 20.6 Å². The second-order valence-corrected chi connectivity index (χ2v) is 3.63. The molecule has 80 valence electrons. The Kier molecular flexibility index (Phi) is 2.45. The lowest BCUT2D eigenvalue weighted by atomic mass is 10.3. The van der Waals surface area contributed by atoms with Gasteiger partial charge in [0.25, 0.3) is 0 Å². The van der Waals surface area contributed by atoms with E-state index in [9.17, 15) is 0 Å². The van der Waals surface area contributed by atoms with Crippen molar-refractivity contribution in [3.8, 4) is 0 Å². The molecule has 2 rings (SSSR count). The summed E-state index contributed by atoms with van der Waals surface area (Å²) in [6, 6.07) is 0. The molecule has 5 nitrogen and oxygen atoms in total. The van der Waals surface area contributed by atoms with Crippen LogP contribution >= 0.6 is 0 Å². The molecule has 0 saturated carbocycles. The number of anilines is 1. The van der Waals surface area contributed by atoms with Gasteiger partial charge in [-0.15, -0.1) is 0 Å². The van der Waals surface area contributed by atoms with E-state index in [4.69, 9.17) is 0 Å². The molecule has 1 N–H and O–H groups in total. The van der Waals surface area contributed by atoms with E-state index in [0.29, 0.717) is 0 Å². The van der Waals surface area contributed by atoms with E-state index in [1.54, 1.807) is 6.20 Å². The largest absolute Gasteiger partial charge is 0.351 e. The zero-order chi connectivity index (χ0) is 10.8. The monoisotopic (exact) mass is 205 g/mol. The van der Waals surface area contributed by atoms with Gasteiger partial charge in [-0.3, -0.25) is 4.68 Å². The molecule has 0 radical (unpaired) electrons. The normalized spacial score (nSPS) is 10.6. The topological polar surface area (TPSA) is 47.7 Å². The maximum atomic E-state index is 4.28. The van der Waals surface area contributed by atoms with Gasteiger partial charge in [0.2, 0.25) is 5.95 Å². The summed E-state index contributed by atoms with van der Waals surface area (Å²) in [6.45, 7) is 2.76. The van der Waals surface area contributed by atoms with E-state index in [1.165, 1.54) is 5.56 Å². The molecule has 0 aliphatic carbocycles. The molecule has 15 heavy (non-hydrogen) atoms. The molecule has 5 heteroatoms. The molecule has 0 amide bonds. The van der Waals surface area contributed by atoms with Gasteiger partial charge >= 0.3 is 0 Å². The van der Waals surface area contributed by atoms with E-state index in [1.807, 2.05) is 42.7 Å². The SMILES string of the molecule is Cc1nn(C)cc1CNc1nccn1C. The van der Waals surface area contributed by atoms with Crippen molar-refractivity contribution < 1.29 is 0 Å². The van der Waals surface area contributed by atoms with Gasteiger partial charge in [0.15, 0.2) is 0 Å². The number of hydrogen-bond acceptors (Lipinski definition) is 3. The third-order valence-electron chi connectivity index (χ3n) is 2.37. The van der Waals surface area contributed by atoms with Crippen molar-refractivity contribution in [2.75, 3.05) is 5.32 Å². The molecular weight excluding hydrogens is 190 g/mol. The Morgan fingerprint density at radius 1 is 1.40 bits per heavy atom. The van der Waals surface area contributed by atoms with Crippen LogP contribution < -0.4 is 5.32 Å². The van der Waals surface area contributed by atoms with Crippen LogP contribution in [0.15, 0.2) is 18.6 Å². The fourth-order valence-corrected chi connectivity index (χ4v) is 1.53. The van der Waals surface area contributed by atoms with Crippen LogP contribution in [0.1, 0.15) is 11.3 Å². The molecule has 2 aromatic heterocycles. The maximum Gasteiger partial charge on any atom is 0.202 e. The van der Waals surface area contributed by atoms with Gasteiger partial charge in [-0.2, -0.15) is 5.10 Å². The number of imidazole rings is 1. The van der Waals surface area contributed by atoms with E-state index in [0.717, 1.165) is 18.2 Å². The molecule has 0 aliphatic heterocycles. The fourth-order valence-electron chi connectivity index (χ4n) is 1.53. The average molecular weight is 205 g/mol. The molecule has 0 bridgehead atoms. The summed E-state index contributed by atoms with van der Waals surface area (Å²) in [7, 11) is 3.89. The maximum absolute atomic E-state index is 4.28. The van der Waals surface area contributed by atoms with Crippen LogP contribution in [0.4, 0.5) is 5.95 Å². The first-order valence-corrected chi connectivity index (χ1v) is 4.87. The summed E-state index contributed by atoms with van der Waals surface area (Å²) in [5, 5.41) is 7.54. The summed E-state index contributed by atoms with van der Waals surface area (Å²) in [5.74, 6) is 0.873. The molecule has 2 aromatic rings. The third-order valence-corrected chi connectivity index (χ3v) is 2.37. The van der Waals surface area contributed by atoms with Gasteiger partial charge in [0.05, 0.1) is 5.69 Å². The average Bonchev–Trinajstić information content (AvgIpc) is 2.70. The van der Waals surface area contributed by atoms with Crippen molar-refractivity contribution in [2.24, 2.45) is 14.1 Å². The highest BCUT2D eigenvalue weighted by molar-refractivity contribution is 5.28. The van der Waals surface area contributed by atoms with Crippen molar-refractivity contribution in [3.63, 3.8) is 0 Å². The number of aryl methyl sites for hydroxylation is 3. The van der Waals surface area contributed by atoms with E-state index in [2.05, 4.69) is 15.4 Å². The smallest absolute Gasteiger partial charge is 0.202 e. The van der Waals surface area contributed by atoms with Crippen molar-refractivity contribution in [1.82, 2.24) is 19.3 Å². The van der Waals surface area contributed by atoms with Crippen LogP contribution in [0.25, 0.3) is 0 Å². The molecule has 0 spiro atoms. The quantitative estimate of drug-likeness (QED) is 0.815. The van der Waals surface area contributed by atoms with E-state index < -0.39 is 0 Å². The molecule has 0 atom stereocenters. The highest BCUT2D eigenvalue weighted by Gasteiger charge is 2.03. The fraction of sp³-hybridized carbons (Fsp3) is 0.400. The molecule has 0 saturated heterocycles. The minimum Gasteiger partial charge on any atom is -0.351 e. The number of hydrogen-bond donors (Lipinski definition) is 1. The zero-order valence-electron chi connectivity index (χ0n) is 9.23. The Labute approximate surface area is 88.7 Å². The zero-order valence-corrected chi connectivity index (χ0v) is 9.23. The highest BCUT2D eigenvalue weighted by atomic mass is 15.3. The molecule has 0 unspecified atom stereocenters. The first-order chi connectivity index (χ1) is 7.16. The lowest BCUT2D eigenvalue weighted by molar-refractivity contribution is 0.756. The summed E-state index contributed by atoms with van der Waals surface area (Å²) in [5.41, 5.74) is 2.25. The number of rotatable bonds is 3.